The molecule has 0 atom stereocenters. The highest BCUT2D eigenvalue weighted by atomic mass is 19.4. The summed E-state index contributed by atoms with van der Waals surface area (Å²) in [5.41, 5.74) is -2.08. The van der Waals surface area contributed by atoms with E-state index in [0.717, 1.165) is 33.4 Å². The van der Waals surface area contributed by atoms with Crippen LogP contribution in [0.15, 0.2) is 102 Å². The molecule has 5 aromatic rings. The van der Waals surface area contributed by atoms with Crippen molar-refractivity contribution in [1.29, 1.82) is 5.26 Å². The number of para-hydroxylation sites is 3. The van der Waals surface area contributed by atoms with E-state index in [-0.39, 0.29) is 30.9 Å². The Bertz CT molecular complexity index is 2360. The predicted molar refractivity (Wildman–Crippen MR) is 239 cm³/mol. The molecule has 0 fully saturated rings. The number of allylic oxidation sites excluding steroid dienone is 2. The summed E-state index contributed by atoms with van der Waals surface area (Å²) >= 11 is 0. The number of nitrogens with zero attached hydrogens (tertiary/aromatic N) is 6. The van der Waals surface area contributed by atoms with Crippen LogP contribution < -0.4 is 11.3 Å². The average Bonchev–Trinajstić information content (AvgIpc) is 3.78. The molecular weight excluding hydrogens is 1010 g/mol. The van der Waals surface area contributed by atoms with Gasteiger partial charge in [0.15, 0.2) is 5.83 Å². The van der Waals surface area contributed by atoms with Crippen molar-refractivity contribution in [3.63, 3.8) is 0 Å². The number of aromatic nitrogens is 4. The summed E-state index contributed by atoms with van der Waals surface area (Å²) in [6, 6.07) is 25.5. The Morgan fingerprint density at radius 1 is 0.611 bits per heavy atom. The number of nitriles is 1. The number of nitrogens with two attached hydrogens (primary N) is 1. The lowest BCUT2D eigenvalue weighted by Crippen LogP contribution is -2.37. The molecular formula is C46H56F18N8. The van der Waals surface area contributed by atoms with E-state index in [4.69, 9.17) is 11.1 Å². The second-order valence-corrected chi connectivity index (χ2v) is 13.9. The largest absolute Gasteiger partial charge is 0.460 e. The van der Waals surface area contributed by atoms with Crippen molar-refractivity contribution < 1.29 is 79.0 Å². The molecule has 3 aromatic carbocycles. The molecule has 2 aromatic heterocycles. The molecule has 5 rings (SSSR count). The second-order valence-electron chi connectivity index (χ2n) is 13.9. The summed E-state index contributed by atoms with van der Waals surface area (Å²) < 4.78 is 226. The van der Waals surface area contributed by atoms with E-state index in [9.17, 15) is 79.0 Å². The van der Waals surface area contributed by atoms with Gasteiger partial charge in [-0.3, -0.25) is 5.84 Å². The van der Waals surface area contributed by atoms with Crippen LogP contribution in [-0.2, 0) is 11.8 Å². The Labute approximate surface area is 405 Å². The zero-order valence-corrected chi connectivity index (χ0v) is 38.3. The number of hydrogen-bond acceptors (Lipinski definition) is 6. The zero-order valence-electron chi connectivity index (χ0n) is 38.3. The molecule has 0 aliphatic rings. The molecule has 0 spiro atoms. The van der Waals surface area contributed by atoms with Crippen LogP contribution in [0.3, 0.4) is 0 Å². The fraction of sp³-hybridized carbons (Fsp3) is 0.413. The fourth-order valence-corrected chi connectivity index (χ4v) is 5.02. The first kappa shape index (κ1) is 70.0. The van der Waals surface area contributed by atoms with E-state index < -0.39 is 82.1 Å². The number of benzene rings is 3. The normalized spacial score (nSPS) is 11.3. The smallest absolute Gasteiger partial charge is 0.324 e. The maximum absolute atomic E-state index is 13.8. The van der Waals surface area contributed by atoms with Crippen molar-refractivity contribution in [3.05, 3.63) is 137 Å². The summed E-state index contributed by atoms with van der Waals surface area (Å²) in [5.74, 6) is -15.7. The molecule has 72 heavy (non-hydrogen) atoms. The molecule has 0 saturated heterocycles. The van der Waals surface area contributed by atoms with Crippen molar-refractivity contribution >= 4 is 5.69 Å². The van der Waals surface area contributed by atoms with Crippen LogP contribution in [0.1, 0.15) is 78.9 Å². The topological polar surface area (TPSA) is 101 Å². The molecule has 406 valence electrons. The number of anilines is 1. The first-order valence-corrected chi connectivity index (χ1v) is 20.0. The van der Waals surface area contributed by atoms with Gasteiger partial charge in [-0.2, -0.15) is 85.0 Å². The number of nitrogen functional groups attached to an aromatic ring is 1. The molecule has 3 N–H and O–H groups in total. The third kappa shape index (κ3) is 19.1. The van der Waals surface area contributed by atoms with Gasteiger partial charge in [-0.25, -0.2) is 13.8 Å². The summed E-state index contributed by atoms with van der Waals surface area (Å²) in [7, 11) is 0. The third-order valence-electron chi connectivity index (χ3n) is 8.78. The summed E-state index contributed by atoms with van der Waals surface area (Å²) in [6.45, 7) is 14.9. The summed E-state index contributed by atoms with van der Waals surface area (Å²) in [6.07, 6.45) is -17.5. The number of alkyl halides is 15. The van der Waals surface area contributed by atoms with Crippen LogP contribution >= 0.6 is 0 Å². The minimum Gasteiger partial charge on any atom is -0.324 e. The minimum atomic E-state index is -5.87. The van der Waals surface area contributed by atoms with E-state index in [1.54, 1.807) is 12.1 Å². The highest BCUT2D eigenvalue weighted by Gasteiger charge is 2.63. The third-order valence-corrected chi connectivity index (χ3v) is 8.78. The highest BCUT2D eigenvalue weighted by Crippen LogP contribution is 2.47. The Morgan fingerprint density at radius 3 is 1.25 bits per heavy atom. The van der Waals surface area contributed by atoms with Gasteiger partial charge in [-0.1, -0.05) is 90.2 Å². The maximum atomic E-state index is 13.8. The van der Waals surface area contributed by atoms with Gasteiger partial charge in [-0.05, 0) is 89.3 Å². The van der Waals surface area contributed by atoms with Crippen molar-refractivity contribution in [2.75, 3.05) is 25.1 Å². The minimum absolute atomic E-state index is 0. The molecule has 0 unspecified atom stereocenters. The van der Waals surface area contributed by atoms with Crippen molar-refractivity contribution in [2.24, 2.45) is 5.84 Å². The molecule has 0 radical (unpaired) electrons. The van der Waals surface area contributed by atoms with Gasteiger partial charge in [0.25, 0.3) is 0 Å². The van der Waals surface area contributed by atoms with Gasteiger partial charge >= 0.3 is 36.3 Å². The van der Waals surface area contributed by atoms with Crippen molar-refractivity contribution in [2.45, 2.75) is 107 Å². The lowest BCUT2D eigenvalue weighted by Gasteiger charge is -2.21. The van der Waals surface area contributed by atoms with Gasteiger partial charge in [0.2, 0.25) is 11.9 Å². The van der Waals surface area contributed by atoms with Crippen LogP contribution in [0.2, 0.25) is 0 Å². The maximum Gasteiger partial charge on any atom is 0.460 e. The average molecular weight is 1060 g/mol. The van der Waals surface area contributed by atoms with Gasteiger partial charge in [-0.15, -0.1) is 5.10 Å². The van der Waals surface area contributed by atoms with E-state index in [0.29, 0.717) is 4.68 Å². The Balaban J connectivity index is -0.000000854. The molecule has 0 bridgehead atoms. The van der Waals surface area contributed by atoms with E-state index in [2.05, 4.69) is 41.3 Å². The van der Waals surface area contributed by atoms with Gasteiger partial charge in [0.1, 0.15) is 11.4 Å². The fourth-order valence-electron chi connectivity index (χ4n) is 5.02. The summed E-state index contributed by atoms with van der Waals surface area (Å²) in [5, 5.41) is 13.5. The van der Waals surface area contributed by atoms with E-state index >= 15 is 0 Å². The van der Waals surface area contributed by atoms with Gasteiger partial charge in [0, 0.05) is 23.7 Å². The second kappa shape index (κ2) is 30.0. The predicted octanol–water partition coefficient (Wildman–Crippen LogP) is 15.5. The van der Waals surface area contributed by atoms with Gasteiger partial charge < -0.3 is 10.3 Å². The first-order valence-electron chi connectivity index (χ1n) is 20.0. The SMILES string of the molecule is C.C.CC#N.CC(C)=C(F)C(F)(F)C(F)(F)F.CCN(CC)CC.Cc1c(C(F)(F)C(F)(F)F)nn(-c2ccccc2)c1F.Cc1c(F)nn(-c2ccccc2)c1C(F)(F)C(F)(F)F.NNc1ccccc1. The molecule has 0 amide bonds. The van der Waals surface area contributed by atoms with Crippen LogP contribution in [0.4, 0.5) is 84.7 Å². The molecule has 26 heteroatoms. The summed E-state index contributed by atoms with van der Waals surface area (Å²) in [4.78, 5) is 2.38. The lowest BCUT2D eigenvalue weighted by atomic mass is 10.1. The van der Waals surface area contributed by atoms with Crippen molar-refractivity contribution in [1.82, 2.24) is 24.5 Å². The Kier molecular flexibility index (Phi) is 29.1. The first-order chi connectivity index (χ1) is 32.1. The van der Waals surface area contributed by atoms with Crippen molar-refractivity contribution in [3.8, 4) is 17.4 Å². The molecule has 0 saturated carbocycles. The lowest BCUT2D eigenvalue weighted by molar-refractivity contribution is -0.291. The van der Waals surface area contributed by atoms with Crippen LogP contribution in [0.5, 0.6) is 0 Å². The number of halogens is 18. The molecule has 0 aliphatic heterocycles. The molecule has 2 heterocycles. The molecule has 8 nitrogen and oxygen atoms in total. The number of rotatable bonds is 9. The standard InChI is InChI=1S/2C12H8F6N2.C6H6F6.C6H8N2.C6H15N.C2H3N.2CH4/c1-7-9(11(14,15)12(16,17)18)20(19-10(7)13)8-5-3-2-4-6-8;1-7-9(11(14,15)12(16,17)18)19-20(10(7)13)8-5-3-2-4-6-8;1-3(2)4(7)5(8,9)6(10,11)12;7-8-6-4-2-1-3-5-6;1-4-7(5-2)6-3;1-2-3;;/h2*2-6H,1H3;1-2H3;1-5,8H,7H2;4-6H2,1-3H3;1H3;2*1H4. The number of hydrogen-bond donors (Lipinski definition) is 2. The van der Waals surface area contributed by atoms with Crippen LogP contribution in [0, 0.1) is 37.1 Å². The molecule has 0 aliphatic carbocycles. The van der Waals surface area contributed by atoms with Crippen LogP contribution in [0.25, 0.3) is 11.4 Å². The Hall–Kier alpha value is -6.23. The van der Waals surface area contributed by atoms with Crippen LogP contribution in [-0.4, -0.2) is 68.5 Å². The highest BCUT2D eigenvalue weighted by molar-refractivity contribution is 5.41. The Morgan fingerprint density at radius 2 is 0.972 bits per heavy atom. The number of hydrazine groups is 1. The van der Waals surface area contributed by atoms with E-state index in [1.807, 2.05) is 30.3 Å². The zero-order chi connectivity index (χ0) is 54.6. The van der Waals surface area contributed by atoms with Gasteiger partial charge in [0.05, 0.1) is 17.4 Å². The quantitative estimate of drug-likeness (QED) is 0.0866. The van der Waals surface area contributed by atoms with E-state index in [1.165, 1.54) is 81.2 Å². The number of nitrogens with one attached hydrogen (secondary N) is 1. The monoisotopic (exact) mass is 1060 g/mol.